The number of rotatable bonds is 5. The number of anilines is 1. The average molecular weight is 342 g/mol. The van der Waals surface area contributed by atoms with Crippen LogP contribution in [-0.2, 0) is 12.8 Å². The van der Waals surface area contributed by atoms with E-state index in [1.54, 1.807) is 12.2 Å². The summed E-state index contributed by atoms with van der Waals surface area (Å²) >= 11 is 0. The first-order valence-corrected chi connectivity index (χ1v) is 9.05. The third kappa shape index (κ3) is 4.51. The summed E-state index contributed by atoms with van der Waals surface area (Å²) in [6.45, 7) is 9.76. The molecule has 0 bridgehead atoms. The number of ether oxygens (including phenoxy) is 1. The first kappa shape index (κ1) is 17.7. The fourth-order valence-electron chi connectivity index (χ4n) is 3.34. The van der Waals surface area contributed by atoms with Crippen LogP contribution in [0.2, 0.25) is 0 Å². The zero-order chi connectivity index (χ0) is 17.6. The maximum Gasteiger partial charge on any atom is 0.142 e. The average Bonchev–Trinajstić information content (AvgIpc) is 2.83. The van der Waals surface area contributed by atoms with Crippen molar-refractivity contribution in [3.63, 3.8) is 0 Å². The summed E-state index contributed by atoms with van der Waals surface area (Å²) in [6, 6.07) is 4.50. The van der Waals surface area contributed by atoms with Gasteiger partial charge in [0.1, 0.15) is 18.5 Å². The van der Waals surface area contributed by atoms with E-state index in [4.69, 9.17) is 4.74 Å². The largest absolute Gasteiger partial charge is 0.490 e. The van der Waals surface area contributed by atoms with Gasteiger partial charge in [0.05, 0.1) is 12.2 Å². The fraction of sp³-hybridized carbons (Fsp3) is 0.429. The Kier molecular flexibility index (Phi) is 5.92. The molecule has 2 aliphatic rings. The lowest BCUT2D eigenvalue weighted by Gasteiger charge is -2.32. The number of benzene rings is 1. The highest BCUT2D eigenvalue weighted by atomic mass is 19.1. The SMILES string of the molecule is C=C/C(=C\C=C/C(C)F)CN1CCOc2cc3c(cc21)CCNCC3. The molecule has 1 aromatic rings. The van der Waals surface area contributed by atoms with Gasteiger partial charge in [-0.25, -0.2) is 4.39 Å². The molecule has 0 fully saturated rings. The Morgan fingerprint density at radius 2 is 2.12 bits per heavy atom. The van der Waals surface area contributed by atoms with Gasteiger partial charge < -0.3 is 15.0 Å². The van der Waals surface area contributed by atoms with Crippen LogP contribution >= 0.6 is 0 Å². The second-order valence-electron chi connectivity index (χ2n) is 6.62. The van der Waals surface area contributed by atoms with Crippen LogP contribution in [0.5, 0.6) is 5.75 Å². The Morgan fingerprint density at radius 3 is 2.84 bits per heavy atom. The van der Waals surface area contributed by atoms with Gasteiger partial charge in [0, 0.05) is 6.54 Å². The number of nitrogens with zero attached hydrogens (tertiary/aromatic N) is 1. The van der Waals surface area contributed by atoms with Crippen molar-refractivity contribution < 1.29 is 9.13 Å². The lowest BCUT2D eigenvalue weighted by atomic mass is 10.00. The molecule has 0 radical (unpaired) electrons. The zero-order valence-electron chi connectivity index (χ0n) is 14.9. The van der Waals surface area contributed by atoms with Crippen molar-refractivity contribution in [3.8, 4) is 5.75 Å². The maximum absolute atomic E-state index is 12.9. The van der Waals surface area contributed by atoms with Gasteiger partial charge >= 0.3 is 0 Å². The quantitative estimate of drug-likeness (QED) is 0.828. The molecule has 0 amide bonds. The van der Waals surface area contributed by atoms with E-state index in [0.29, 0.717) is 6.61 Å². The summed E-state index contributed by atoms with van der Waals surface area (Å²) in [5.74, 6) is 0.975. The smallest absolute Gasteiger partial charge is 0.142 e. The predicted molar refractivity (Wildman–Crippen MR) is 102 cm³/mol. The molecule has 3 rings (SSSR count). The molecule has 1 aromatic carbocycles. The number of halogens is 1. The van der Waals surface area contributed by atoms with Crippen LogP contribution in [0.25, 0.3) is 0 Å². The fourth-order valence-corrected chi connectivity index (χ4v) is 3.34. The Bertz CT molecular complexity index is 679. The second kappa shape index (κ2) is 8.34. The van der Waals surface area contributed by atoms with Crippen molar-refractivity contribution in [2.24, 2.45) is 0 Å². The van der Waals surface area contributed by atoms with E-state index in [9.17, 15) is 4.39 Å². The maximum atomic E-state index is 12.9. The van der Waals surface area contributed by atoms with E-state index in [1.807, 2.05) is 12.2 Å². The van der Waals surface area contributed by atoms with Gasteiger partial charge in [-0.05, 0) is 61.7 Å². The molecule has 0 saturated heterocycles. The van der Waals surface area contributed by atoms with E-state index in [-0.39, 0.29) is 0 Å². The molecular formula is C21H27FN2O. The molecule has 3 nitrogen and oxygen atoms in total. The number of hydrogen-bond acceptors (Lipinski definition) is 3. The standard InChI is InChI=1S/C21H27FN2O/c1-3-17(6-4-5-16(2)22)15-24-11-12-25-21-14-19-8-10-23-9-7-18(19)13-20(21)24/h3-6,13-14,16,23H,1,7-12,15H2,2H3/b5-4-,17-6+. The lowest BCUT2D eigenvalue weighted by molar-refractivity contribution is 0.308. The van der Waals surface area contributed by atoms with E-state index in [2.05, 4.69) is 28.9 Å². The van der Waals surface area contributed by atoms with E-state index < -0.39 is 6.17 Å². The topological polar surface area (TPSA) is 24.5 Å². The molecule has 2 aliphatic heterocycles. The third-order valence-corrected chi connectivity index (χ3v) is 4.71. The minimum absolute atomic E-state index is 0.686. The van der Waals surface area contributed by atoms with Crippen molar-refractivity contribution in [2.45, 2.75) is 25.9 Å². The summed E-state index contributed by atoms with van der Waals surface area (Å²) in [6.07, 6.45) is 8.26. The molecule has 1 N–H and O–H groups in total. The summed E-state index contributed by atoms with van der Waals surface area (Å²) in [5, 5.41) is 3.45. The number of alkyl halides is 1. The molecule has 25 heavy (non-hydrogen) atoms. The molecule has 2 heterocycles. The number of nitrogens with one attached hydrogen (secondary N) is 1. The Balaban J connectivity index is 1.83. The molecule has 1 atom stereocenters. The van der Waals surface area contributed by atoms with Gasteiger partial charge in [-0.2, -0.15) is 0 Å². The number of fused-ring (bicyclic) bond motifs is 2. The molecule has 0 aromatic heterocycles. The molecule has 4 heteroatoms. The van der Waals surface area contributed by atoms with Gasteiger partial charge in [0.15, 0.2) is 0 Å². The molecule has 0 aliphatic carbocycles. The number of hydrogen-bond donors (Lipinski definition) is 1. The highest BCUT2D eigenvalue weighted by Gasteiger charge is 2.21. The molecule has 0 spiro atoms. The van der Waals surface area contributed by atoms with Gasteiger partial charge in [0.25, 0.3) is 0 Å². The first-order valence-electron chi connectivity index (χ1n) is 9.05. The normalized spacial score (nSPS) is 19.0. The van der Waals surface area contributed by atoms with Gasteiger partial charge in [-0.1, -0.05) is 30.9 Å². The lowest BCUT2D eigenvalue weighted by Crippen LogP contribution is -2.34. The molecular weight excluding hydrogens is 315 g/mol. The Hall–Kier alpha value is -2.07. The van der Waals surface area contributed by atoms with Crippen LogP contribution in [0.15, 0.2) is 48.6 Å². The van der Waals surface area contributed by atoms with Gasteiger partial charge in [-0.3, -0.25) is 0 Å². The van der Waals surface area contributed by atoms with Crippen molar-refractivity contribution in [1.29, 1.82) is 0 Å². The molecule has 0 saturated carbocycles. The Labute approximate surface area is 149 Å². The summed E-state index contributed by atoms with van der Waals surface area (Å²) in [4.78, 5) is 2.33. The van der Waals surface area contributed by atoms with Crippen LogP contribution in [0.4, 0.5) is 10.1 Å². The van der Waals surface area contributed by atoms with Crippen LogP contribution in [0.1, 0.15) is 18.1 Å². The third-order valence-electron chi connectivity index (χ3n) is 4.71. The van der Waals surface area contributed by atoms with Crippen LogP contribution in [0.3, 0.4) is 0 Å². The van der Waals surface area contributed by atoms with Gasteiger partial charge in [0.2, 0.25) is 0 Å². The second-order valence-corrected chi connectivity index (χ2v) is 6.62. The van der Waals surface area contributed by atoms with Gasteiger partial charge in [-0.15, -0.1) is 0 Å². The molecule has 1 unspecified atom stereocenters. The zero-order valence-corrected chi connectivity index (χ0v) is 14.9. The van der Waals surface area contributed by atoms with Crippen molar-refractivity contribution >= 4 is 5.69 Å². The number of allylic oxidation sites excluding steroid dienone is 3. The minimum Gasteiger partial charge on any atom is -0.490 e. The minimum atomic E-state index is -0.935. The van der Waals surface area contributed by atoms with Crippen LogP contribution < -0.4 is 15.0 Å². The van der Waals surface area contributed by atoms with Crippen molar-refractivity contribution in [2.75, 3.05) is 37.7 Å². The van der Waals surface area contributed by atoms with E-state index >= 15 is 0 Å². The van der Waals surface area contributed by atoms with Crippen LogP contribution in [0, 0.1) is 0 Å². The van der Waals surface area contributed by atoms with Crippen LogP contribution in [-0.4, -0.2) is 39.0 Å². The van der Waals surface area contributed by atoms with E-state index in [0.717, 1.165) is 56.0 Å². The summed E-state index contributed by atoms with van der Waals surface area (Å²) in [5.41, 5.74) is 5.03. The molecule has 134 valence electrons. The summed E-state index contributed by atoms with van der Waals surface area (Å²) < 4.78 is 18.8. The first-order chi connectivity index (χ1) is 12.2. The Morgan fingerprint density at radius 1 is 1.36 bits per heavy atom. The van der Waals surface area contributed by atoms with E-state index in [1.165, 1.54) is 18.1 Å². The van der Waals surface area contributed by atoms with Crippen molar-refractivity contribution in [1.82, 2.24) is 5.32 Å². The summed E-state index contributed by atoms with van der Waals surface area (Å²) in [7, 11) is 0. The predicted octanol–water partition coefficient (Wildman–Crippen LogP) is 3.60. The van der Waals surface area contributed by atoms with Crippen molar-refractivity contribution in [3.05, 3.63) is 59.7 Å². The highest BCUT2D eigenvalue weighted by Crippen LogP contribution is 2.35. The highest BCUT2D eigenvalue weighted by molar-refractivity contribution is 5.64. The monoisotopic (exact) mass is 342 g/mol.